The van der Waals surface area contributed by atoms with Crippen LogP contribution in [0, 0.1) is 34.5 Å². The summed E-state index contributed by atoms with van der Waals surface area (Å²) in [5, 5.41) is 9.33. The van der Waals surface area contributed by atoms with Crippen molar-refractivity contribution in [3.05, 3.63) is 59.2 Å². The number of ketones is 1. The van der Waals surface area contributed by atoms with E-state index in [1.807, 2.05) is 36.4 Å². The molecule has 1 N–H and O–H groups in total. The highest BCUT2D eigenvalue weighted by Crippen LogP contribution is 2.67. The fourth-order valence-corrected chi connectivity index (χ4v) is 8.65. The maximum Gasteiger partial charge on any atom is 0.330 e. The summed E-state index contributed by atoms with van der Waals surface area (Å²) in [7, 11) is 0. The molecule has 0 radical (unpaired) electrons. The minimum atomic E-state index is -0.377. The summed E-state index contributed by atoms with van der Waals surface area (Å²) < 4.78 is 11.3. The molecule has 0 bridgehead atoms. The van der Waals surface area contributed by atoms with E-state index in [9.17, 15) is 19.5 Å². The minimum Gasteiger partial charge on any atom is -0.462 e. The highest BCUT2D eigenvalue weighted by atomic mass is 16.5. The van der Waals surface area contributed by atoms with E-state index < -0.39 is 0 Å². The quantitative estimate of drug-likeness (QED) is 0.348. The number of esters is 2. The van der Waals surface area contributed by atoms with Gasteiger partial charge in [0.05, 0.1) is 6.61 Å². The topological polar surface area (TPSA) is 89.9 Å². The van der Waals surface area contributed by atoms with Crippen LogP contribution in [0.4, 0.5) is 0 Å². The van der Waals surface area contributed by atoms with E-state index >= 15 is 0 Å². The predicted molar refractivity (Wildman–Crippen MR) is 147 cm³/mol. The van der Waals surface area contributed by atoms with Gasteiger partial charge in [-0.2, -0.15) is 0 Å². The first-order chi connectivity index (χ1) is 18.6. The van der Waals surface area contributed by atoms with E-state index in [1.165, 1.54) is 18.6 Å². The molecular weight excluding hydrogens is 492 g/mol. The lowest BCUT2D eigenvalue weighted by Crippen LogP contribution is -2.54. The molecule has 0 unspecified atom stereocenters. The van der Waals surface area contributed by atoms with Crippen LogP contribution >= 0.6 is 0 Å². The second-order valence-corrected chi connectivity index (χ2v) is 12.8. The average Bonchev–Trinajstić information content (AvgIpc) is 3.23. The zero-order chi connectivity index (χ0) is 27.8. The van der Waals surface area contributed by atoms with Crippen LogP contribution < -0.4 is 0 Å². The Kier molecular flexibility index (Phi) is 7.87. The summed E-state index contributed by atoms with van der Waals surface area (Å²) >= 11 is 0. The zero-order valence-electron chi connectivity index (χ0n) is 23.5. The molecule has 0 aliphatic heterocycles. The van der Waals surface area contributed by atoms with Gasteiger partial charge in [0.1, 0.15) is 12.7 Å². The third-order valence-corrected chi connectivity index (χ3v) is 10.6. The van der Waals surface area contributed by atoms with Crippen molar-refractivity contribution in [3.8, 4) is 0 Å². The summed E-state index contributed by atoms with van der Waals surface area (Å²) in [6.07, 6.45) is 12.6. The summed E-state index contributed by atoms with van der Waals surface area (Å²) in [5.41, 5.74) is 2.94. The molecule has 0 spiro atoms. The van der Waals surface area contributed by atoms with Crippen LogP contribution in [0.25, 0.3) is 0 Å². The van der Waals surface area contributed by atoms with E-state index in [1.54, 1.807) is 0 Å². The Hall–Kier alpha value is -2.73. The van der Waals surface area contributed by atoms with Crippen LogP contribution in [0.5, 0.6) is 0 Å². The Balaban J connectivity index is 1.33. The number of ether oxygens (including phenoxy) is 2. The van der Waals surface area contributed by atoms with Gasteiger partial charge in [-0.1, -0.05) is 49.8 Å². The highest BCUT2D eigenvalue weighted by molar-refractivity contribution is 5.91. The molecule has 3 saturated carbocycles. The second kappa shape index (κ2) is 11.0. The van der Waals surface area contributed by atoms with Gasteiger partial charge in [0.15, 0.2) is 5.78 Å². The van der Waals surface area contributed by atoms with Crippen molar-refractivity contribution in [2.45, 2.75) is 91.5 Å². The Morgan fingerprint density at radius 2 is 1.90 bits per heavy atom. The molecule has 4 aliphatic rings. The first kappa shape index (κ1) is 27.8. The molecule has 210 valence electrons. The number of aliphatic hydroxyl groups excluding tert-OH is 1. The maximum atomic E-state index is 12.5. The van der Waals surface area contributed by atoms with Crippen molar-refractivity contribution in [3.63, 3.8) is 0 Å². The molecule has 4 aliphatic carbocycles. The summed E-state index contributed by atoms with van der Waals surface area (Å²) in [6.45, 7) is 6.32. The van der Waals surface area contributed by atoms with E-state index in [0.717, 1.165) is 56.1 Å². The van der Waals surface area contributed by atoms with Crippen LogP contribution in [0.1, 0.15) is 83.3 Å². The van der Waals surface area contributed by atoms with Gasteiger partial charge in [0.25, 0.3) is 0 Å². The van der Waals surface area contributed by atoms with Gasteiger partial charge in [-0.25, -0.2) is 4.79 Å². The molecule has 1 aromatic rings. The number of hydrogen-bond acceptors (Lipinski definition) is 6. The third-order valence-electron chi connectivity index (χ3n) is 10.6. The van der Waals surface area contributed by atoms with Gasteiger partial charge in [-0.05, 0) is 91.2 Å². The number of rotatable bonds is 7. The zero-order valence-corrected chi connectivity index (χ0v) is 23.5. The molecule has 6 heteroatoms. The van der Waals surface area contributed by atoms with Crippen molar-refractivity contribution in [2.75, 3.05) is 0 Å². The Morgan fingerprint density at radius 1 is 1.10 bits per heavy atom. The van der Waals surface area contributed by atoms with Crippen molar-refractivity contribution >= 4 is 17.7 Å². The Labute approximate surface area is 231 Å². The molecule has 1 aromatic carbocycles. The average molecular weight is 535 g/mol. The van der Waals surface area contributed by atoms with E-state index in [4.69, 9.17) is 9.47 Å². The van der Waals surface area contributed by atoms with Gasteiger partial charge in [0, 0.05) is 24.8 Å². The molecule has 0 aromatic heterocycles. The van der Waals surface area contributed by atoms with Crippen molar-refractivity contribution < 1.29 is 29.0 Å². The lowest BCUT2D eigenvalue weighted by atomic mass is 9.44. The van der Waals surface area contributed by atoms with Gasteiger partial charge in [-0.15, -0.1) is 0 Å². The van der Waals surface area contributed by atoms with Crippen LogP contribution in [0.2, 0.25) is 0 Å². The smallest absolute Gasteiger partial charge is 0.330 e. The molecule has 3 fully saturated rings. The largest absolute Gasteiger partial charge is 0.462 e. The van der Waals surface area contributed by atoms with Crippen LogP contribution in [0.15, 0.2) is 48.1 Å². The SMILES string of the molecule is CC(=O)O[C@H]1CC[C@H]2[C@@H]3[C@H](C/C=C/C(=O)OCc4cccc(CO)c4)CC4=CC(=O)CC[C@]4(C)[C@H]3CC[C@]12C. The maximum absolute atomic E-state index is 12.5. The van der Waals surface area contributed by atoms with Gasteiger partial charge >= 0.3 is 11.9 Å². The highest BCUT2D eigenvalue weighted by Gasteiger charge is 2.61. The molecule has 39 heavy (non-hydrogen) atoms. The number of carbonyl (C=O) groups excluding carboxylic acids is 3. The lowest BCUT2D eigenvalue weighted by Gasteiger charge is -2.60. The Bertz CT molecular complexity index is 1180. The van der Waals surface area contributed by atoms with E-state index in [-0.39, 0.29) is 47.9 Å². The fraction of sp³-hybridized carbons (Fsp3) is 0.606. The van der Waals surface area contributed by atoms with Gasteiger partial charge in [-0.3, -0.25) is 9.59 Å². The monoisotopic (exact) mass is 534 g/mol. The normalized spacial score (nSPS) is 35.5. The van der Waals surface area contributed by atoms with Crippen LogP contribution in [0.3, 0.4) is 0 Å². The van der Waals surface area contributed by atoms with Crippen LogP contribution in [-0.4, -0.2) is 28.9 Å². The molecule has 5 rings (SSSR count). The number of benzene rings is 1. The molecule has 0 saturated heterocycles. The standard InChI is InChI=1S/C33H42O6/c1-21(35)39-29-11-10-27-31-24(8-5-9-30(37)38-20-23-7-4-6-22(16-23)19-34)17-25-18-26(36)12-14-32(25,2)28(31)13-15-33(27,29)3/h4-7,9,16,18,24,27-29,31,34H,8,10-15,17,19-20H2,1-3H3/b9-5+/t24-,27+,28+,29+,31+,32+,33+/m1/s1. The lowest BCUT2D eigenvalue weighted by molar-refractivity contribution is -0.158. The number of hydrogen-bond donors (Lipinski definition) is 1. The minimum absolute atomic E-state index is 0.0289. The predicted octanol–water partition coefficient (Wildman–Crippen LogP) is 5.86. The summed E-state index contributed by atoms with van der Waals surface area (Å²) in [4.78, 5) is 36.8. The number of fused-ring (bicyclic) bond motifs is 5. The molecule has 7 atom stereocenters. The molecule has 6 nitrogen and oxygen atoms in total. The van der Waals surface area contributed by atoms with Gasteiger partial charge < -0.3 is 14.6 Å². The van der Waals surface area contributed by atoms with Gasteiger partial charge in [0.2, 0.25) is 0 Å². The molecular formula is C33H42O6. The van der Waals surface area contributed by atoms with Crippen molar-refractivity contribution in [1.29, 1.82) is 0 Å². The number of allylic oxidation sites excluding steroid dienone is 2. The number of carbonyl (C=O) groups is 3. The second-order valence-electron chi connectivity index (χ2n) is 12.8. The first-order valence-corrected chi connectivity index (χ1v) is 14.6. The van der Waals surface area contributed by atoms with E-state index in [0.29, 0.717) is 30.1 Å². The van der Waals surface area contributed by atoms with Crippen molar-refractivity contribution in [2.24, 2.45) is 34.5 Å². The first-order valence-electron chi connectivity index (χ1n) is 14.6. The van der Waals surface area contributed by atoms with E-state index in [2.05, 4.69) is 13.8 Å². The summed E-state index contributed by atoms with van der Waals surface area (Å²) in [6, 6.07) is 7.38. The third kappa shape index (κ3) is 5.37. The molecule has 0 amide bonds. The molecule has 0 heterocycles. The van der Waals surface area contributed by atoms with Crippen LogP contribution in [-0.2, 0) is 37.1 Å². The fourth-order valence-electron chi connectivity index (χ4n) is 8.65. The Morgan fingerprint density at radius 3 is 2.67 bits per heavy atom. The summed E-state index contributed by atoms with van der Waals surface area (Å²) in [5.74, 6) is 1.40. The number of aliphatic hydroxyl groups is 1. The van der Waals surface area contributed by atoms with Crippen molar-refractivity contribution in [1.82, 2.24) is 0 Å².